The molecule has 5 heteroatoms. The van der Waals surface area contributed by atoms with Crippen molar-refractivity contribution < 1.29 is 13.7 Å². The van der Waals surface area contributed by atoms with Crippen molar-refractivity contribution >= 4 is 53.3 Å². The third kappa shape index (κ3) is 4.71. The van der Waals surface area contributed by atoms with Crippen LogP contribution in [-0.4, -0.2) is 19.5 Å². The molecule has 7 aromatic carbocycles. The van der Waals surface area contributed by atoms with Crippen LogP contribution in [0.3, 0.4) is 0 Å². The van der Waals surface area contributed by atoms with E-state index in [2.05, 4.69) is 0 Å². The number of fused-ring (bicyclic) bond motifs is 7. The van der Waals surface area contributed by atoms with Gasteiger partial charge in [0, 0.05) is 48.6 Å². The number of rotatable bonds is 5. The largest absolute Gasteiger partial charge is 0.308 e. The Bertz CT molecular complexity index is 3430. The van der Waals surface area contributed by atoms with Crippen LogP contribution >= 0.6 is 11.3 Å². The molecule has 0 radical (unpaired) electrons. The Hall–Kier alpha value is -6.43. The standard InChI is InChI=1S/C45H28N4S/c1-3-12-29(13-4-1)30-22-24-32(25-23-30)44-46-43(31-14-5-2-6-15-31)47-45(48-44)33-16-11-17-34(28-33)49-39-20-9-7-18-35(39)37-26-27-38-36-19-8-10-21-40(36)50-42(38)41(37)49/h1-28H/i7D,8D,9D,10D,18D,19D,20D,21D,26D,27D. The molecule has 10 aromatic rings. The molecule has 0 saturated carbocycles. The molecule has 0 unspecified atom stereocenters. The predicted molar refractivity (Wildman–Crippen MR) is 209 cm³/mol. The van der Waals surface area contributed by atoms with Crippen LogP contribution in [0.4, 0.5) is 0 Å². The van der Waals surface area contributed by atoms with Crippen LogP contribution in [0.2, 0.25) is 0 Å². The Balaban J connectivity index is 1.26. The first-order valence-electron chi connectivity index (χ1n) is 20.9. The fraction of sp³-hybridized carbons (Fsp3) is 0. The van der Waals surface area contributed by atoms with E-state index in [1.165, 1.54) is 0 Å². The lowest BCUT2D eigenvalue weighted by molar-refractivity contribution is 1.07. The van der Waals surface area contributed by atoms with Gasteiger partial charge in [-0.3, -0.25) is 0 Å². The number of nitrogens with zero attached hydrogens (tertiary/aromatic N) is 4. The zero-order chi connectivity index (χ0) is 41.7. The first-order chi connectivity index (χ1) is 28.9. The van der Waals surface area contributed by atoms with E-state index < -0.39 is 24.2 Å². The van der Waals surface area contributed by atoms with Crippen LogP contribution < -0.4 is 0 Å². The molecule has 0 atom stereocenters. The zero-order valence-electron chi connectivity index (χ0n) is 36.1. The van der Waals surface area contributed by atoms with Crippen LogP contribution in [0, 0.1) is 0 Å². The summed E-state index contributed by atoms with van der Waals surface area (Å²) >= 11 is 1.04. The topological polar surface area (TPSA) is 43.6 Å². The Morgan fingerprint density at radius 2 is 1.02 bits per heavy atom. The molecule has 0 saturated heterocycles. The van der Waals surface area contributed by atoms with Gasteiger partial charge >= 0.3 is 0 Å². The third-order valence-electron chi connectivity index (χ3n) is 8.74. The van der Waals surface area contributed by atoms with Crippen LogP contribution in [0.1, 0.15) is 13.7 Å². The Morgan fingerprint density at radius 1 is 0.460 bits per heavy atom. The number of hydrogen-bond donors (Lipinski definition) is 0. The lowest BCUT2D eigenvalue weighted by Crippen LogP contribution is -2.01. The summed E-state index contributed by atoms with van der Waals surface area (Å²) in [4.78, 5) is 14.8. The predicted octanol–water partition coefficient (Wildman–Crippen LogP) is 12.0. The van der Waals surface area contributed by atoms with Crippen molar-refractivity contribution in [1.29, 1.82) is 0 Å². The maximum absolute atomic E-state index is 9.34. The highest BCUT2D eigenvalue weighted by molar-refractivity contribution is 7.26. The molecule has 0 aliphatic heterocycles. The zero-order valence-corrected chi connectivity index (χ0v) is 26.9. The maximum atomic E-state index is 9.34. The maximum Gasteiger partial charge on any atom is 0.164 e. The average Bonchev–Trinajstić information content (AvgIpc) is 3.87. The summed E-state index contributed by atoms with van der Waals surface area (Å²) in [6.45, 7) is 0. The fourth-order valence-corrected chi connectivity index (χ4v) is 7.51. The van der Waals surface area contributed by atoms with Crippen LogP contribution in [0.15, 0.2) is 170 Å². The minimum Gasteiger partial charge on any atom is -0.308 e. The molecule has 234 valence electrons. The van der Waals surface area contributed by atoms with Gasteiger partial charge in [-0.2, -0.15) is 0 Å². The van der Waals surface area contributed by atoms with Gasteiger partial charge in [0.25, 0.3) is 0 Å². The van der Waals surface area contributed by atoms with Gasteiger partial charge in [-0.05, 0) is 35.3 Å². The summed E-state index contributed by atoms with van der Waals surface area (Å²) in [5, 5.41) is 0.401. The van der Waals surface area contributed by atoms with Gasteiger partial charge in [-0.25, -0.2) is 15.0 Å². The quantitative estimate of drug-likeness (QED) is 0.184. The second kappa shape index (κ2) is 11.6. The Morgan fingerprint density at radius 3 is 1.78 bits per heavy atom. The first kappa shape index (κ1) is 20.2. The minimum absolute atomic E-state index is 0.0478. The second-order valence-corrected chi connectivity index (χ2v) is 12.7. The van der Waals surface area contributed by atoms with Crippen molar-refractivity contribution in [3.8, 4) is 51.0 Å². The lowest BCUT2D eigenvalue weighted by atomic mass is 10.0. The molecule has 3 aromatic heterocycles. The normalized spacial score (nSPS) is 14.4. The van der Waals surface area contributed by atoms with E-state index >= 15 is 0 Å². The molecule has 4 nitrogen and oxygen atoms in total. The minimum atomic E-state index is -0.495. The van der Waals surface area contributed by atoms with Crippen molar-refractivity contribution in [2.24, 2.45) is 0 Å². The van der Waals surface area contributed by atoms with Crippen LogP contribution in [-0.2, 0) is 0 Å². The molecule has 0 spiro atoms. The Labute approximate surface area is 306 Å². The van der Waals surface area contributed by atoms with Crippen molar-refractivity contribution in [3.63, 3.8) is 0 Å². The van der Waals surface area contributed by atoms with Crippen molar-refractivity contribution in [3.05, 3.63) is 170 Å². The van der Waals surface area contributed by atoms with E-state index in [0.717, 1.165) is 33.6 Å². The SMILES string of the molecule is [2H]c1c([2H])c([2H])c2c(sc3c2c([2H])c([2H])c2c4c([2H])c([2H])c([2H])c([2H])c4n(-c4cccc(-c5nc(-c6ccccc6)nc(-c6ccc(-c7ccccc7)cc6)n5)c4)c32)c1[2H]. The smallest absolute Gasteiger partial charge is 0.164 e. The van der Waals surface area contributed by atoms with Crippen molar-refractivity contribution in [2.45, 2.75) is 0 Å². The molecule has 0 aliphatic carbocycles. The highest BCUT2D eigenvalue weighted by Crippen LogP contribution is 2.43. The lowest BCUT2D eigenvalue weighted by Gasteiger charge is -2.12. The monoisotopic (exact) mass is 666 g/mol. The van der Waals surface area contributed by atoms with Gasteiger partial charge in [0.1, 0.15) is 0 Å². The second-order valence-electron chi connectivity index (χ2n) is 11.7. The summed E-state index contributed by atoms with van der Waals surface area (Å²) in [5.74, 6) is 1.21. The van der Waals surface area contributed by atoms with Gasteiger partial charge < -0.3 is 4.57 Å². The molecule has 3 heterocycles. The molecular formula is C45H28N4S. The first-order valence-corrected chi connectivity index (χ1v) is 16.7. The van der Waals surface area contributed by atoms with Gasteiger partial charge in [-0.1, -0.05) is 145 Å². The summed E-state index contributed by atoms with van der Waals surface area (Å²) in [7, 11) is 0. The fourth-order valence-electron chi connectivity index (χ4n) is 6.40. The molecule has 0 amide bonds. The molecule has 0 aliphatic rings. The summed E-state index contributed by atoms with van der Waals surface area (Å²) in [5.41, 5.74) is 4.99. The van der Waals surface area contributed by atoms with Crippen LogP contribution in [0.5, 0.6) is 0 Å². The van der Waals surface area contributed by atoms with E-state index in [1.807, 2.05) is 91.0 Å². The third-order valence-corrected chi connectivity index (χ3v) is 9.86. The number of aromatic nitrogens is 4. The van der Waals surface area contributed by atoms with Crippen LogP contribution in [0.25, 0.3) is 93.0 Å². The van der Waals surface area contributed by atoms with E-state index in [4.69, 9.17) is 24.5 Å². The molecule has 0 bridgehead atoms. The van der Waals surface area contributed by atoms with E-state index in [0.29, 0.717) is 33.4 Å². The Kier molecular flexibility index (Phi) is 4.69. The average molecular weight is 667 g/mol. The number of hydrogen-bond acceptors (Lipinski definition) is 4. The van der Waals surface area contributed by atoms with E-state index in [9.17, 15) is 4.11 Å². The van der Waals surface area contributed by atoms with Crippen molar-refractivity contribution in [1.82, 2.24) is 19.5 Å². The molecular weight excluding hydrogens is 629 g/mol. The number of para-hydroxylation sites is 1. The number of thiophene rings is 1. The molecule has 0 fully saturated rings. The van der Waals surface area contributed by atoms with Gasteiger partial charge in [0.2, 0.25) is 0 Å². The summed E-state index contributed by atoms with van der Waals surface area (Å²) in [6, 6.07) is 30.8. The summed E-state index contributed by atoms with van der Waals surface area (Å²) < 4.78 is 90.6. The molecule has 50 heavy (non-hydrogen) atoms. The van der Waals surface area contributed by atoms with Crippen molar-refractivity contribution in [2.75, 3.05) is 0 Å². The van der Waals surface area contributed by atoms with E-state index in [1.54, 1.807) is 22.8 Å². The van der Waals surface area contributed by atoms with Gasteiger partial charge in [0.15, 0.2) is 17.5 Å². The molecule has 10 rings (SSSR count). The highest BCUT2D eigenvalue weighted by atomic mass is 32.1. The number of benzene rings is 7. The molecule has 0 N–H and O–H groups in total. The van der Waals surface area contributed by atoms with Gasteiger partial charge in [-0.15, -0.1) is 11.3 Å². The summed E-state index contributed by atoms with van der Waals surface area (Å²) in [6.07, 6.45) is 0. The van der Waals surface area contributed by atoms with E-state index in [-0.39, 0.29) is 73.5 Å². The van der Waals surface area contributed by atoms with Gasteiger partial charge in [0.05, 0.1) is 29.4 Å². The highest BCUT2D eigenvalue weighted by Gasteiger charge is 2.19.